The maximum atomic E-state index is 12.5. The molecule has 0 saturated heterocycles. The zero-order valence-corrected chi connectivity index (χ0v) is 16.1. The van der Waals surface area contributed by atoms with Gasteiger partial charge in [-0.05, 0) is 37.7 Å². The van der Waals surface area contributed by atoms with Crippen molar-refractivity contribution in [2.75, 3.05) is 6.26 Å². The smallest absolute Gasteiger partial charge is 0.208 e. The van der Waals surface area contributed by atoms with Gasteiger partial charge in [-0.25, -0.2) is 13.1 Å². The van der Waals surface area contributed by atoms with Gasteiger partial charge in [0.15, 0.2) is 0 Å². The number of halogens is 3. The highest BCUT2D eigenvalue weighted by Gasteiger charge is 2.29. The molecule has 0 amide bonds. The van der Waals surface area contributed by atoms with Gasteiger partial charge in [-0.3, -0.25) is 0 Å². The maximum Gasteiger partial charge on any atom is 0.243 e. The molecule has 1 aliphatic carbocycles. The van der Waals surface area contributed by atoms with Gasteiger partial charge in [0.25, 0.3) is 0 Å². The van der Waals surface area contributed by atoms with Gasteiger partial charge in [-0.1, -0.05) is 45.6 Å². The van der Waals surface area contributed by atoms with E-state index >= 15 is 0 Å². The second kappa shape index (κ2) is 7.41. The van der Waals surface area contributed by atoms with Crippen LogP contribution in [0.5, 0.6) is 0 Å². The van der Waals surface area contributed by atoms with Crippen molar-refractivity contribution in [3.63, 3.8) is 0 Å². The van der Waals surface area contributed by atoms with E-state index in [0.29, 0.717) is 9.72 Å². The van der Waals surface area contributed by atoms with Crippen LogP contribution in [0.1, 0.15) is 25.7 Å². The Hall–Kier alpha value is 0.540. The van der Waals surface area contributed by atoms with Crippen molar-refractivity contribution >= 4 is 60.9 Å². The van der Waals surface area contributed by atoms with Crippen LogP contribution in [-0.4, -0.2) is 26.0 Å². The molecule has 2 rings (SSSR count). The highest BCUT2D eigenvalue weighted by Crippen LogP contribution is 2.34. The van der Waals surface area contributed by atoms with Gasteiger partial charge in [0.1, 0.15) is 4.90 Å². The fourth-order valence-corrected chi connectivity index (χ4v) is 6.58. The highest BCUT2D eigenvalue weighted by molar-refractivity contribution is 9.10. The molecule has 3 nitrogen and oxygen atoms in total. The summed E-state index contributed by atoms with van der Waals surface area (Å²) in [6, 6.07) is 3.01. The molecule has 1 aromatic carbocycles. The molecule has 0 bridgehead atoms. The van der Waals surface area contributed by atoms with Crippen LogP contribution in [0.2, 0.25) is 10.0 Å². The van der Waals surface area contributed by atoms with Crippen LogP contribution in [-0.2, 0) is 10.0 Å². The zero-order valence-electron chi connectivity index (χ0n) is 11.4. The van der Waals surface area contributed by atoms with Crippen molar-refractivity contribution in [1.29, 1.82) is 0 Å². The summed E-state index contributed by atoms with van der Waals surface area (Å²) in [6.07, 6.45) is 5.91. The summed E-state index contributed by atoms with van der Waals surface area (Å²) in [6.45, 7) is 0. The second-order valence-corrected chi connectivity index (χ2v) is 9.56. The van der Waals surface area contributed by atoms with E-state index in [2.05, 4.69) is 26.9 Å². The predicted molar refractivity (Wildman–Crippen MR) is 94.0 cm³/mol. The van der Waals surface area contributed by atoms with Crippen molar-refractivity contribution in [2.45, 2.75) is 41.9 Å². The Balaban J connectivity index is 2.23. The van der Waals surface area contributed by atoms with E-state index in [1.807, 2.05) is 0 Å². The first-order valence-corrected chi connectivity index (χ1v) is 10.8. The second-order valence-electron chi connectivity index (χ2n) is 5.04. The largest absolute Gasteiger partial charge is 0.243 e. The molecule has 0 heterocycles. The van der Waals surface area contributed by atoms with Crippen molar-refractivity contribution in [1.82, 2.24) is 4.72 Å². The van der Waals surface area contributed by atoms with E-state index in [1.54, 1.807) is 11.8 Å². The average molecular weight is 433 g/mol. The number of rotatable bonds is 4. The lowest BCUT2D eigenvalue weighted by Gasteiger charge is -2.28. The normalized spacial score (nSPS) is 23.2. The molecule has 21 heavy (non-hydrogen) atoms. The molecular weight excluding hydrogens is 417 g/mol. The molecule has 0 aliphatic heterocycles. The SMILES string of the molecule is CSC1CCCC(NS(=O)(=O)c2c(Cl)cc(Br)cc2Cl)C1. The molecule has 1 N–H and O–H groups in total. The fraction of sp³-hybridized carbons (Fsp3) is 0.538. The van der Waals surface area contributed by atoms with E-state index in [9.17, 15) is 8.42 Å². The molecule has 0 radical (unpaired) electrons. The number of benzene rings is 1. The Bertz CT molecular complexity index is 602. The van der Waals surface area contributed by atoms with Crippen LogP contribution >= 0.6 is 50.9 Å². The minimum Gasteiger partial charge on any atom is -0.208 e. The third kappa shape index (κ3) is 4.52. The number of thioether (sulfide) groups is 1. The van der Waals surface area contributed by atoms with Gasteiger partial charge >= 0.3 is 0 Å². The number of hydrogen-bond acceptors (Lipinski definition) is 3. The molecule has 2 unspecified atom stereocenters. The highest BCUT2D eigenvalue weighted by atomic mass is 79.9. The van der Waals surface area contributed by atoms with E-state index in [-0.39, 0.29) is 21.0 Å². The number of hydrogen-bond donors (Lipinski definition) is 1. The summed E-state index contributed by atoms with van der Waals surface area (Å²) in [5.74, 6) is 0. The minimum atomic E-state index is -3.71. The van der Waals surface area contributed by atoms with E-state index < -0.39 is 10.0 Å². The Kier molecular flexibility index (Phi) is 6.31. The topological polar surface area (TPSA) is 46.2 Å². The van der Waals surface area contributed by atoms with Gasteiger partial charge in [0, 0.05) is 15.8 Å². The summed E-state index contributed by atoms with van der Waals surface area (Å²) in [4.78, 5) is -0.0414. The number of sulfonamides is 1. The third-order valence-electron chi connectivity index (χ3n) is 3.51. The maximum absolute atomic E-state index is 12.5. The lowest BCUT2D eigenvalue weighted by molar-refractivity contribution is 0.421. The Morgan fingerprint density at radius 2 is 1.90 bits per heavy atom. The van der Waals surface area contributed by atoms with Crippen LogP contribution in [0, 0.1) is 0 Å². The molecule has 1 fully saturated rings. The molecule has 0 spiro atoms. The molecule has 118 valence electrons. The Labute approximate surface area is 148 Å². The van der Waals surface area contributed by atoms with Crippen LogP contribution in [0.4, 0.5) is 0 Å². The predicted octanol–water partition coefficient (Wildman–Crippen LogP) is 4.71. The molecule has 8 heteroatoms. The van der Waals surface area contributed by atoms with Gasteiger partial charge in [-0.15, -0.1) is 0 Å². The average Bonchev–Trinajstić information content (AvgIpc) is 2.36. The molecular formula is C13H16BrCl2NO2S2. The molecule has 1 saturated carbocycles. The van der Waals surface area contributed by atoms with Crippen molar-refractivity contribution in [3.8, 4) is 0 Å². The first kappa shape index (κ1) is 17.9. The van der Waals surface area contributed by atoms with Crippen LogP contribution < -0.4 is 4.72 Å². The number of nitrogens with one attached hydrogen (secondary N) is 1. The quantitative estimate of drug-likeness (QED) is 0.749. The van der Waals surface area contributed by atoms with Crippen LogP contribution in [0.25, 0.3) is 0 Å². The summed E-state index contributed by atoms with van der Waals surface area (Å²) in [7, 11) is -3.71. The zero-order chi connectivity index (χ0) is 15.6. The van der Waals surface area contributed by atoms with Gasteiger partial charge in [-0.2, -0.15) is 11.8 Å². The minimum absolute atomic E-state index is 0.0414. The monoisotopic (exact) mass is 431 g/mol. The van der Waals surface area contributed by atoms with E-state index in [1.165, 1.54) is 12.1 Å². The lowest BCUT2D eigenvalue weighted by Crippen LogP contribution is -2.39. The molecule has 2 atom stereocenters. The van der Waals surface area contributed by atoms with E-state index in [0.717, 1.165) is 25.7 Å². The third-order valence-corrected chi connectivity index (χ3v) is 7.51. The van der Waals surface area contributed by atoms with Gasteiger partial charge in [0.05, 0.1) is 10.0 Å². The van der Waals surface area contributed by atoms with Gasteiger partial charge < -0.3 is 0 Å². The molecule has 1 aliphatic rings. The summed E-state index contributed by atoms with van der Waals surface area (Å²) in [5, 5.41) is 0.750. The first-order valence-electron chi connectivity index (χ1n) is 6.53. The van der Waals surface area contributed by atoms with Crippen molar-refractivity contribution in [3.05, 3.63) is 26.7 Å². The molecule has 0 aromatic heterocycles. The molecule has 1 aromatic rings. The lowest BCUT2D eigenvalue weighted by atomic mass is 9.96. The van der Waals surface area contributed by atoms with Crippen molar-refractivity contribution in [2.24, 2.45) is 0 Å². The standard InChI is InChI=1S/C13H16BrCl2NO2S2/c1-20-10-4-2-3-9(7-10)17-21(18,19)13-11(15)5-8(14)6-12(13)16/h5-6,9-10,17H,2-4,7H2,1H3. The summed E-state index contributed by atoms with van der Waals surface area (Å²) in [5.41, 5.74) is 0. The Morgan fingerprint density at radius 3 is 2.48 bits per heavy atom. The first-order chi connectivity index (χ1) is 9.83. The van der Waals surface area contributed by atoms with Crippen LogP contribution in [0.15, 0.2) is 21.5 Å². The van der Waals surface area contributed by atoms with Crippen LogP contribution in [0.3, 0.4) is 0 Å². The van der Waals surface area contributed by atoms with Gasteiger partial charge in [0.2, 0.25) is 10.0 Å². The van der Waals surface area contributed by atoms with Crippen molar-refractivity contribution < 1.29 is 8.42 Å². The Morgan fingerprint density at radius 1 is 1.29 bits per heavy atom. The van der Waals surface area contributed by atoms with E-state index in [4.69, 9.17) is 23.2 Å². The fourth-order valence-electron chi connectivity index (χ4n) is 2.53. The summed E-state index contributed by atoms with van der Waals surface area (Å²) < 4.78 is 28.5. The summed E-state index contributed by atoms with van der Waals surface area (Å²) >= 11 is 17.1.